The topological polar surface area (TPSA) is 64.3 Å². The average molecular weight is 216 g/mol. The monoisotopic (exact) mass is 216 g/mol. The van der Waals surface area contributed by atoms with Crippen molar-refractivity contribution in [1.29, 1.82) is 0 Å². The fourth-order valence-corrected chi connectivity index (χ4v) is 1.10. The Hall–Kier alpha value is -0.610. The number of ether oxygens (including phenoxy) is 1. The van der Waals surface area contributed by atoms with E-state index in [1.54, 1.807) is 0 Å². The zero-order valence-corrected chi connectivity index (χ0v) is 10.1. The standard InChI is InChI=1S/C11H24N2O2/c1-11(2,3)15-10(14)6-9-13-8-5-4-7-12/h13H,4-9,12H2,1-3H3. The maximum Gasteiger partial charge on any atom is 0.307 e. The summed E-state index contributed by atoms with van der Waals surface area (Å²) in [7, 11) is 0. The summed E-state index contributed by atoms with van der Waals surface area (Å²) < 4.78 is 5.17. The number of nitrogens with one attached hydrogen (secondary N) is 1. The van der Waals surface area contributed by atoms with Crippen LogP contribution in [-0.2, 0) is 9.53 Å². The molecule has 0 aliphatic carbocycles. The lowest BCUT2D eigenvalue weighted by atomic mass is 10.2. The van der Waals surface area contributed by atoms with Crippen LogP contribution in [0.4, 0.5) is 0 Å². The van der Waals surface area contributed by atoms with Crippen molar-refractivity contribution >= 4 is 5.97 Å². The van der Waals surface area contributed by atoms with Gasteiger partial charge >= 0.3 is 5.97 Å². The number of rotatable bonds is 7. The maximum atomic E-state index is 11.3. The largest absolute Gasteiger partial charge is 0.460 e. The van der Waals surface area contributed by atoms with Crippen LogP contribution >= 0.6 is 0 Å². The van der Waals surface area contributed by atoms with Crippen molar-refractivity contribution in [3.8, 4) is 0 Å². The lowest BCUT2D eigenvalue weighted by Gasteiger charge is -2.19. The summed E-state index contributed by atoms with van der Waals surface area (Å²) in [6, 6.07) is 0. The molecule has 0 aliphatic rings. The van der Waals surface area contributed by atoms with Gasteiger partial charge in [-0.05, 0) is 46.7 Å². The number of esters is 1. The number of hydrogen-bond acceptors (Lipinski definition) is 4. The highest BCUT2D eigenvalue weighted by Crippen LogP contribution is 2.07. The second-order valence-corrected chi connectivity index (χ2v) is 4.58. The van der Waals surface area contributed by atoms with Gasteiger partial charge in [0.05, 0.1) is 6.42 Å². The van der Waals surface area contributed by atoms with Crippen LogP contribution < -0.4 is 11.1 Å². The SMILES string of the molecule is CC(C)(C)OC(=O)CCNCCCCN. The van der Waals surface area contributed by atoms with E-state index in [0.717, 1.165) is 25.9 Å². The second kappa shape index (κ2) is 7.65. The summed E-state index contributed by atoms with van der Waals surface area (Å²) in [4.78, 5) is 11.3. The van der Waals surface area contributed by atoms with Crippen molar-refractivity contribution in [1.82, 2.24) is 5.32 Å². The van der Waals surface area contributed by atoms with Gasteiger partial charge in [0.2, 0.25) is 0 Å². The Morgan fingerprint density at radius 2 is 1.93 bits per heavy atom. The third-order valence-electron chi connectivity index (χ3n) is 1.73. The number of hydrogen-bond donors (Lipinski definition) is 2. The van der Waals surface area contributed by atoms with Gasteiger partial charge in [0.1, 0.15) is 5.60 Å². The van der Waals surface area contributed by atoms with Crippen molar-refractivity contribution in [2.24, 2.45) is 5.73 Å². The molecule has 0 heterocycles. The molecule has 0 amide bonds. The number of unbranched alkanes of at least 4 members (excludes halogenated alkanes) is 1. The molecule has 0 fully saturated rings. The van der Waals surface area contributed by atoms with E-state index in [1.165, 1.54) is 0 Å². The Labute approximate surface area is 92.6 Å². The van der Waals surface area contributed by atoms with Crippen molar-refractivity contribution in [3.63, 3.8) is 0 Å². The smallest absolute Gasteiger partial charge is 0.307 e. The lowest BCUT2D eigenvalue weighted by Crippen LogP contribution is -2.27. The lowest BCUT2D eigenvalue weighted by molar-refractivity contribution is -0.154. The first-order valence-corrected chi connectivity index (χ1v) is 5.58. The van der Waals surface area contributed by atoms with Crippen molar-refractivity contribution in [3.05, 3.63) is 0 Å². The van der Waals surface area contributed by atoms with E-state index in [9.17, 15) is 4.79 Å². The molecule has 90 valence electrons. The minimum atomic E-state index is -0.378. The van der Waals surface area contributed by atoms with Gasteiger partial charge in [0.25, 0.3) is 0 Å². The number of nitrogens with two attached hydrogens (primary N) is 1. The summed E-state index contributed by atoms with van der Waals surface area (Å²) >= 11 is 0. The van der Waals surface area contributed by atoms with E-state index < -0.39 is 0 Å². The Morgan fingerprint density at radius 3 is 2.47 bits per heavy atom. The van der Waals surface area contributed by atoms with E-state index in [1.807, 2.05) is 20.8 Å². The summed E-state index contributed by atoms with van der Waals surface area (Å²) in [6.07, 6.45) is 2.52. The summed E-state index contributed by atoms with van der Waals surface area (Å²) in [5.41, 5.74) is 4.98. The first kappa shape index (κ1) is 14.4. The van der Waals surface area contributed by atoms with Crippen molar-refractivity contribution in [2.75, 3.05) is 19.6 Å². The summed E-state index contributed by atoms with van der Waals surface area (Å²) in [5, 5.41) is 3.18. The quantitative estimate of drug-likeness (QED) is 0.493. The van der Waals surface area contributed by atoms with Crippen LogP contribution in [0.5, 0.6) is 0 Å². The molecule has 4 nitrogen and oxygen atoms in total. The molecule has 3 N–H and O–H groups in total. The molecular weight excluding hydrogens is 192 g/mol. The van der Waals surface area contributed by atoms with Crippen LogP contribution in [-0.4, -0.2) is 31.2 Å². The molecule has 0 bridgehead atoms. The van der Waals surface area contributed by atoms with Crippen molar-refractivity contribution < 1.29 is 9.53 Å². The van der Waals surface area contributed by atoms with Gasteiger partial charge in [0.15, 0.2) is 0 Å². The maximum absolute atomic E-state index is 11.3. The van der Waals surface area contributed by atoms with Crippen LogP contribution in [0.2, 0.25) is 0 Å². The fourth-order valence-electron chi connectivity index (χ4n) is 1.10. The van der Waals surface area contributed by atoms with E-state index in [2.05, 4.69) is 5.32 Å². The molecule has 0 aromatic rings. The highest BCUT2D eigenvalue weighted by Gasteiger charge is 2.15. The van der Waals surface area contributed by atoms with Gasteiger partial charge in [-0.3, -0.25) is 4.79 Å². The Kier molecular flexibility index (Phi) is 7.34. The second-order valence-electron chi connectivity index (χ2n) is 4.58. The third kappa shape index (κ3) is 11.3. The molecule has 0 saturated carbocycles. The Balaban J connectivity index is 3.32. The molecule has 0 atom stereocenters. The van der Waals surface area contributed by atoms with Gasteiger partial charge in [-0.15, -0.1) is 0 Å². The molecule has 0 radical (unpaired) electrons. The predicted octanol–water partition coefficient (Wildman–Crippen LogP) is 1.05. The van der Waals surface area contributed by atoms with Gasteiger partial charge < -0.3 is 15.8 Å². The summed E-state index contributed by atoms with van der Waals surface area (Å²) in [6.45, 7) is 7.95. The van der Waals surface area contributed by atoms with E-state index in [0.29, 0.717) is 13.0 Å². The van der Waals surface area contributed by atoms with Gasteiger partial charge in [0, 0.05) is 6.54 Å². The number of carbonyl (C=O) groups is 1. The van der Waals surface area contributed by atoms with Gasteiger partial charge in [-0.2, -0.15) is 0 Å². The molecule has 0 aromatic heterocycles. The van der Waals surface area contributed by atoms with Crippen LogP contribution in [0, 0.1) is 0 Å². The summed E-state index contributed by atoms with van der Waals surface area (Å²) in [5.74, 6) is -0.145. The zero-order chi connectivity index (χ0) is 11.7. The molecule has 0 unspecified atom stereocenters. The van der Waals surface area contributed by atoms with Gasteiger partial charge in [-0.1, -0.05) is 0 Å². The average Bonchev–Trinajstić information content (AvgIpc) is 2.08. The fraction of sp³-hybridized carbons (Fsp3) is 0.909. The third-order valence-corrected chi connectivity index (χ3v) is 1.73. The van der Waals surface area contributed by atoms with E-state index in [4.69, 9.17) is 10.5 Å². The van der Waals surface area contributed by atoms with Crippen molar-refractivity contribution in [2.45, 2.75) is 45.6 Å². The first-order valence-electron chi connectivity index (χ1n) is 5.58. The Bertz CT molecular complexity index is 176. The predicted molar refractivity (Wildman–Crippen MR) is 61.6 cm³/mol. The molecule has 0 saturated heterocycles. The first-order chi connectivity index (χ1) is 6.95. The highest BCUT2D eigenvalue weighted by molar-refractivity contribution is 5.70. The van der Waals surface area contributed by atoms with Crippen LogP contribution in [0.1, 0.15) is 40.0 Å². The van der Waals surface area contributed by atoms with E-state index >= 15 is 0 Å². The normalized spacial score (nSPS) is 11.5. The Morgan fingerprint density at radius 1 is 1.27 bits per heavy atom. The van der Waals surface area contributed by atoms with Crippen LogP contribution in [0.15, 0.2) is 0 Å². The number of carbonyl (C=O) groups excluding carboxylic acids is 1. The molecule has 0 rings (SSSR count). The molecular formula is C11H24N2O2. The molecule has 0 aliphatic heterocycles. The molecule has 4 heteroatoms. The van der Waals surface area contributed by atoms with Gasteiger partial charge in [-0.25, -0.2) is 0 Å². The minimum Gasteiger partial charge on any atom is -0.460 e. The minimum absolute atomic E-state index is 0.145. The highest BCUT2D eigenvalue weighted by atomic mass is 16.6. The molecule has 15 heavy (non-hydrogen) atoms. The van der Waals surface area contributed by atoms with Crippen LogP contribution in [0.25, 0.3) is 0 Å². The zero-order valence-electron chi connectivity index (χ0n) is 10.1. The molecule has 0 spiro atoms. The van der Waals surface area contributed by atoms with Crippen LogP contribution in [0.3, 0.4) is 0 Å². The molecule has 0 aromatic carbocycles. The van der Waals surface area contributed by atoms with E-state index in [-0.39, 0.29) is 11.6 Å².